The van der Waals surface area contributed by atoms with Gasteiger partial charge in [-0.1, -0.05) is 0 Å². The number of rotatable bonds is 4. The molecule has 1 saturated carbocycles. The quantitative estimate of drug-likeness (QED) is 0.903. The summed E-state index contributed by atoms with van der Waals surface area (Å²) in [5, 5.41) is 3.41. The molecular weight excluding hydrogens is 318 g/mol. The number of hydrogen-bond donors (Lipinski definition) is 1. The number of anilines is 2. The summed E-state index contributed by atoms with van der Waals surface area (Å²) >= 11 is 0. The Kier molecular flexibility index (Phi) is 5.01. The summed E-state index contributed by atoms with van der Waals surface area (Å²) < 4.78 is 5.50. The van der Waals surface area contributed by atoms with Crippen LogP contribution < -0.4 is 10.2 Å². The van der Waals surface area contributed by atoms with Crippen LogP contribution in [0.3, 0.4) is 0 Å². The van der Waals surface area contributed by atoms with Crippen molar-refractivity contribution >= 4 is 17.7 Å². The van der Waals surface area contributed by atoms with Crippen LogP contribution >= 0.6 is 0 Å². The van der Waals surface area contributed by atoms with E-state index >= 15 is 0 Å². The first-order valence-electron chi connectivity index (χ1n) is 9.11. The first-order chi connectivity index (χ1) is 11.8. The van der Waals surface area contributed by atoms with Gasteiger partial charge in [0, 0.05) is 32.2 Å². The van der Waals surface area contributed by atoms with Crippen LogP contribution in [0.1, 0.15) is 46.5 Å². The van der Waals surface area contributed by atoms with Crippen molar-refractivity contribution in [1.29, 1.82) is 0 Å². The summed E-state index contributed by atoms with van der Waals surface area (Å²) in [7, 11) is 1.82. The van der Waals surface area contributed by atoms with Crippen molar-refractivity contribution in [2.45, 2.75) is 64.1 Å². The number of carbonyl (C=O) groups is 1. The standard InChI is InChI=1S/C18H29N5O2/c1-18(2,3)25-17(24)22(4)14-6-5-9-23(11-14)16-10-15(19-12-20-16)21-13-7-8-13/h10,12-14H,5-9,11H2,1-4H3,(H,19,20,21)/t14-/m1/s1. The van der Waals surface area contributed by atoms with E-state index in [9.17, 15) is 4.79 Å². The Bertz CT molecular complexity index is 612. The van der Waals surface area contributed by atoms with Crippen LogP contribution in [0.5, 0.6) is 0 Å². The maximum Gasteiger partial charge on any atom is 0.410 e. The largest absolute Gasteiger partial charge is 0.444 e. The van der Waals surface area contributed by atoms with Crippen molar-refractivity contribution in [3.63, 3.8) is 0 Å². The Labute approximate surface area is 149 Å². The van der Waals surface area contributed by atoms with E-state index in [1.165, 1.54) is 12.8 Å². The molecule has 138 valence electrons. The molecule has 2 aliphatic rings. The Morgan fingerprint density at radius 1 is 1.32 bits per heavy atom. The second kappa shape index (κ2) is 7.06. The molecule has 1 amide bonds. The van der Waals surface area contributed by atoms with Crippen LogP contribution in [0.25, 0.3) is 0 Å². The second-order valence-electron chi connectivity index (χ2n) is 8.01. The molecule has 3 rings (SSSR count). The third-order valence-electron chi connectivity index (χ3n) is 4.53. The molecule has 1 atom stereocenters. The first kappa shape index (κ1) is 17.8. The monoisotopic (exact) mass is 347 g/mol. The van der Waals surface area contributed by atoms with Crippen molar-refractivity contribution in [3.8, 4) is 0 Å². The fourth-order valence-electron chi connectivity index (χ4n) is 3.00. The first-order valence-corrected chi connectivity index (χ1v) is 9.11. The maximum atomic E-state index is 12.3. The predicted octanol–water partition coefficient (Wildman–Crippen LogP) is 2.89. The molecule has 25 heavy (non-hydrogen) atoms. The van der Waals surface area contributed by atoms with E-state index in [1.54, 1.807) is 11.2 Å². The van der Waals surface area contributed by atoms with Crippen LogP contribution in [0.2, 0.25) is 0 Å². The Morgan fingerprint density at radius 3 is 2.76 bits per heavy atom. The van der Waals surface area contributed by atoms with Gasteiger partial charge in [-0.15, -0.1) is 0 Å². The molecule has 1 aliphatic heterocycles. The van der Waals surface area contributed by atoms with Gasteiger partial charge in [0.05, 0.1) is 6.04 Å². The summed E-state index contributed by atoms with van der Waals surface area (Å²) in [4.78, 5) is 25.0. The lowest BCUT2D eigenvalue weighted by Gasteiger charge is -2.38. The van der Waals surface area contributed by atoms with Gasteiger partial charge in [0.1, 0.15) is 23.6 Å². The molecule has 2 fully saturated rings. The number of ether oxygens (including phenoxy) is 1. The Morgan fingerprint density at radius 2 is 2.08 bits per heavy atom. The van der Waals surface area contributed by atoms with Crippen LogP contribution in [0, 0.1) is 0 Å². The molecule has 0 spiro atoms. The third kappa shape index (κ3) is 4.96. The average molecular weight is 347 g/mol. The number of hydrogen-bond acceptors (Lipinski definition) is 6. The number of likely N-dealkylation sites (N-methyl/N-ethyl adjacent to an activating group) is 1. The van der Waals surface area contributed by atoms with Crippen LogP contribution in [-0.2, 0) is 4.74 Å². The highest BCUT2D eigenvalue weighted by atomic mass is 16.6. The zero-order valence-corrected chi connectivity index (χ0v) is 15.7. The van der Waals surface area contributed by atoms with Crippen LogP contribution in [0.15, 0.2) is 12.4 Å². The smallest absolute Gasteiger partial charge is 0.410 e. The Balaban J connectivity index is 1.63. The molecule has 7 heteroatoms. The number of piperidine rings is 1. The topological polar surface area (TPSA) is 70.6 Å². The molecule has 0 aromatic carbocycles. The van der Waals surface area contributed by atoms with Gasteiger partial charge < -0.3 is 19.9 Å². The Hall–Kier alpha value is -2.05. The summed E-state index contributed by atoms with van der Waals surface area (Å²) in [6.45, 7) is 7.37. The molecule has 0 radical (unpaired) electrons. The van der Waals surface area contributed by atoms with Gasteiger partial charge in [-0.05, 0) is 46.5 Å². The highest BCUT2D eigenvalue weighted by Gasteiger charge is 2.30. The van der Waals surface area contributed by atoms with Gasteiger partial charge in [0.15, 0.2) is 0 Å². The zero-order valence-electron chi connectivity index (χ0n) is 15.7. The SMILES string of the molecule is CN(C(=O)OC(C)(C)C)[C@@H]1CCCN(c2cc(NC3CC3)ncn2)C1. The van der Waals surface area contributed by atoms with Gasteiger partial charge in [-0.2, -0.15) is 0 Å². The average Bonchev–Trinajstić information content (AvgIpc) is 3.37. The fraction of sp³-hybridized carbons (Fsp3) is 0.722. The van der Waals surface area contributed by atoms with Crippen molar-refractivity contribution in [3.05, 3.63) is 12.4 Å². The van der Waals surface area contributed by atoms with Crippen LogP contribution in [0.4, 0.5) is 16.4 Å². The summed E-state index contributed by atoms with van der Waals surface area (Å²) in [6, 6.07) is 2.70. The van der Waals surface area contributed by atoms with Gasteiger partial charge in [-0.25, -0.2) is 14.8 Å². The molecule has 0 bridgehead atoms. The minimum absolute atomic E-state index is 0.124. The van der Waals surface area contributed by atoms with E-state index in [0.29, 0.717) is 6.04 Å². The highest BCUT2D eigenvalue weighted by Crippen LogP contribution is 2.26. The van der Waals surface area contributed by atoms with E-state index in [-0.39, 0.29) is 12.1 Å². The molecular formula is C18H29N5O2. The second-order valence-corrected chi connectivity index (χ2v) is 8.01. The maximum absolute atomic E-state index is 12.3. The summed E-state index contributed by atoms with van der Waals surface area (Å²) in [5.41, 5.74) is -0.476. The van der Waals surface area contributed by atoms with Crippen molar-refractivity contribution in [2.24, 2.45) is 0 Å². The van der Waals surface area contributed by atoms with Gasteiger partial charge in [0.25, 0.3) is 0 Å². The van der Waals surface area contributed by atoms with Crippen molar-refractivity contribution in [2.75, 3.05) is 30.4 Å². The minimum Gasteiger partial charge on any atom is -0.444 e. The van der Waals surface area contributed by atoms with Crippen molar-refractivity contribution < 1.29 is 9.53 Å². The number of carbonyl (C=O) groups excluding carboxylic acids is 1. The van der Waals surface area contributed by atoms with E-state index in [1.807, 2.05) is 33.9 Å². The number of amides is 1. The van der Waals surface area contributed by atoms with Crippen molar-refractivity contribution in [1.82, 2.24) is 14.9 Å². The predicted molar refractivity (Wildman–Crippen MR) is 97.9 cm³/mol. The highest BCUT2D eigenvalue weighted by molar-refractivity contribution is 5.68. The van der Waals surface area contributed by atoms with E-state index in [0.717, 1.165) is 37.6 Å². The van der Waals surface area contributed by atoms with Gasteiger partial charge in [0.2, 0.25) is 0 Å². The van der Waals surface area contributed by atoms with E-state index in [4.69, 9.17) is 4.74 Å². The van der Waals surface area contributed by atoms with E-state index < -0.39 is 5.60 Å². The number of aromatic nitrogens is 2. The normalized spacial score (nSPS) is 21.0. The van der Waals surface area contributed by atoms with Crippen LogP contribution in [-0.4, -0.2) is 58.8 Å². The molecule has 1 saturated heterocycles. The molecule has 1 aliphatic carbocycles. The lowest BCUT2D eigenvalue weighted by atomic mass is 10.0. The number of nitrogens with zero attached hydrogens (tertiary/aromatic N) is 4. The van der Waals surface area contributed by atoms with Gasteiger partial charge in [-0.3, -0.25) is 0 Å². The zero-order chi connectivity index (χ0) is 18.0. The fourth-order valence-corrected chi connectivity index (χ4v) is 3.00. The summed E-state index contributed by atoms with van der Waals surface area (Å²) in [6.07, 6.45) is 5.77. The molecule has 0 unspecified atom stereocenters. The molecule has 1 N–H and O–H groups in total. The molecule has 2 heterocycles. The third-order valence-corrected chi connectivity index (χ3v) is 4.53. The number of nitrogens with one attached hydrogen (secondary N) is 1. The molecule has 1 aromatic rings. The van der Waals surface area contributed by atoms with E-state index in [2.05, 4.69) is 20.2 Å². The lowest BCUT2D eigenvalue weighted by molar-refractivity contribution is 0.0209. The molecule has 7 nitrogen and oxygen atoms in total. The molecule has 1 aromatic heterocycles. The summed E-state index contributed by atoms with van der Waals surface area (Å²) in [5.74, 6) is 1.80. The van der Waals surface area contributed by atoms with Gasteiger partial charge >= 0.3 is 6.09 Å². The lowest BCUT2D eigenvalue weighted by Crippen LogP contribution is -2.50. The minimum atomic E-state index is -0.476.